The van der Waals surface area contributed by atoms with E-state index in [2.05, 4.69) is 194 Å². The van der Waals surface area contributed by atoms with Crippen LogP contribution in [0.5, 0.6) is 0 Å². The van der Waals surface area contributed by atoms with Crippen molar-refractivity contribution in [2.45, 2.75) is 0 Å². The summed E-state index contributed by atoms with van der Waals surface area (Å²) in [6.07, 6.45) is 0. The summed E-state index contributed by atoms with van der Waals surface area (Å²) >= 11 is 0. The van der Waals surface area contributed by atoms with Crippen molar-refractivity contribution in [3.05, 3.63) is 254 Å². The van der Waals surface area contributed by atoms with Gasteiger partial charge in [0.05, 0.1) is 5.97 Å². The van der Waals surface area contributed by atoms with E-state index in [0.29, 0.717) is 5.69 Å². The van der Waals surface area contributed by atoms with Gasteiger partial charge < -0.3 is 15.2 Å². The molecule has 8 heteroatoms. The van der Waals surface area contributed by atoms with Crippen LogP contribution in [0, 0.1) is 6.65 Å². The molecule has 0 aromatic heterocycles. The standard InChI is InChI=1S/2C18H15P.C14H11NO3.CO.Ru/c2*1-4-10-16(11-5-1)19(17-12-6-2-7-13-17)18-14-8-3-9-15-18;16-13(15-10-6-2-1-3-7-10)11-8-4-5-9-12(11)14(17)18;1-2;/h2*1-15H;1-9H,(H,15,16)(H,17,18);;/q;;;;+1/p-1. The van der Waals surface area contributed by atoms with Gasteiger partial charge in [-0.3, -0.25) is 4.79 Å². The molecule has 0 unspecified atom stereocenters. The van der Waals surface area contributed by atoms with E-state index in [1.807, 2.05) is 6.07 Å². The van der Waals surface area contributed by atoms with Crippen molar-refractivity contribution in [2.75, 3.05) is 5.32 Å². The predicted molar refractivity (Wildman–Crippen MR) is 239 cm³/mol. The maximum atomic E-state index is 11.9. The number of aromatic carboxylic acids is 1. The predicted octanol–water partition coefficient (Wildman–Crippen LogP) is 8.15. The summed E-state index contributed by atoms with van der Waals surface area (Å²) in [7, 11) is -0.892. The van der Waals surface area contributed by atoms with Crippen LogP contribution in [-0.4, -0.2) is 11.9 Å². The third-order valence-electron chi connectivity index (χ3n) is 8.51. The van der Waals surface area contributed by atoms with Gasteiger partial charge in [0.2, 0.25) is 0 Å². The third-order valence-corrected chi connectivity index (χ3v) is 13.4. The Morgan fingerprint density at radius 1 is 0.373 bits per heavy atom. The molecule has 291 valence electrons. The number of para-hydroxylation sites is 1. The maximum absolute atomic E-state index is 11.9. The van der Waals surface area contributed by atoms with Crippen LogP contribution in [0.15, 0.2) is 237 Å². The van der Waals surface area contributed by atoms with E-state index >= 15 is 0 Å². The molecule has 0 fully saturated rings. The Hall–Kier alpha value is -6.08. The molecule has 0 spiro atoms. The Balaban J connectivity index is 0.000000190. The minimum Gasteiger partial charge on any atom is -0.0622 e. The van der Waals surface area contributed by atoms with Gasteiger partial charge in [0.1, 0.15) is 0 Å². The SMILES string of the molecule is O=C([O-])c1ccccc1C(=O)Nc1ccccc1.[C-]#[O+].[Ru+].c1ccc(P(c2ccccc2)c2ccccc2)cc1.c1ccc(P(c2ccccc2)c2ccccc2)cc1. The van der Waals surface area contributed by atoms with Gasteiger partial charge in [-0.15, -0.1) is 0 Å². The van der Waals surface area contributed by atoms with Gasteiger partial charge in [-0.2, -0.15) is 0 Å². The molecule has 0 aliphatic rings. The molecule has 59 heavy (non-hydrogen) atoms. The van der Waals surface area contributed by atoms with Gasteiger partial charge in [-0.05, 0) is 65.9 Å². The molecular formula is C51H40NO4P2Ru. The molecule has 0 atom stereocenters. The number of nitrogens with one attached hydrogen (secondary N) is 1. The normalized spacial score (nSPS) is 9.83. The largest absolute Gasteiger partial charge is 1.00 e. The minimum absolute atomic E-state index is 0. The fourth-order valence-corrected chi connectivity index (χ4v) is 10.5. The van der Waals surface area contributed by atoms with Crippen molar-refractivity contribution in [1.29, 1.82) is 0 Å². The number of hydrogen-bond acceptors (Lipinski definition) is 3. The van der Waals surface area contributed by atoms with E-state index in [1.165, 1.54) is 44.0 Å². The summed E-state index contributed by atoms with van der Waals surface area (Å²) < 4.78 is 7.50. The van der Waals surface area contributed by atoms with Gasteiger partial charge in [-0.25, -0.2) is 0 Å². The monoisotopic (exact) mass is 894 g/mol. The van der Waals surface area contributed by atoms with Crippen molar-refractivity contribution in [1.82, 2.24) is 0 Å². The van der Waals surface area contributed by atoms with E-state index in [0.717, 1.165) is 0 Å². The van der Waals surface area contributed by atoms with E-state index in [-0.39, 0.29) is 30.6 Å². The average Bonchev–Trinajstić information content (AvgIpc) is 3.30. The first-order valence-corrected chi connectivity index (χ1v) is 21.0. The van der Waals surface area contributed by atoms with Crippen molar-refractivity contribution < 1.29 is 38.8 Å². The van der Waals surface area contributed by atoms with Crippen LogP contribution in [0.1, 0.15) is 20.7 Å². The molecule has 5 nitrogen and oxygen atoms in total. The molecule has 0 saturated carbocycles. The van der Waals surface area contributed by atoms with Crippen LogP contribution in [0.4, 0.5) is 5.69 Å². The van der Waals surface area contributed by atoms with Crippen molar-refractivity contribution in [3.8, 4) is 0 Å². The summed E-state index contributed by atoms with van der Waals surface area (Å²) in [5, 5.41) is 21.9. The number of hydrogen-bond donors (Lipinski definition) is 1. The number of rotatable bonds is 9. The first kappa shape index (κ1) is 45.6. The number of benzene rings is 8. The molecular weight excluding hydrogens is 854 g/mol. The summed E-state index contributed by atoms with van der Waals surface area (Å²) in [6, 6.07) is 79.4. The van der Waals surface area contributed by atoms with Crippen LogP contribution in [-0.2, 0) is 24.1 Å². The van der Waals surface area contributed by atoms with Crippen LogP contribution >= 0.6 is 15.8 Å². The van der Waals surface area contributed by atoms with Crippen molar-refractivity contribution in [3.63, 3.8) is 0 Å². The molecule has 1 N–H and O–H groups in total. The van der Waals surface area contributed by atoms with E-state index < -0.39 is 27.7 Å². The van der Waals surface area contributed by atoms with Gasteiger partial charge in [0.15, 0.2) is 0 Å². The van der Waals surface area contributed by atoms with Crippen molar-refractivity contribution in [2.24, 2.45) is 0 Å². The van der Waals surface area contributed by atoms with Crippen LogP contribution < -0.4 is 42.3 Å². The van der Waals surface area contributed by atoms with Gasteiger partial charge in [0, 0.05) is 16.8 Å². The number of carboxylic acid groups (broad SMARTS) is 1. The minimum atomic E-state index is -1.37. The number of anilines is 1. The molecule has 0 aliphatic heterocycles. The Morgan fingerprint density at radius 3 is 0.847 bits per heavy atom. The zero-order chi connectivity index (χ0) is 40.8. The molecule has 8 aromatic rings. The van der Waals surface area contributed by atoms with Crippen molar-refractivity contribution >= 4 is 65.2 Å². The molecule has 0 aliphatic carbocycles. The molecule has 1 radical (unpaired) electrons. The second kappa shape index (κ2) is 25.3. The van der Waals surface area contributed by atoms with E-state index in [1.54, 1.807) is 36.4 Å². The Labute approximate surface area is 361 Å². The zero-order valence-electron chi connectivity index (χ0n) is 31.9. The first-order chi connectivity index (χ1) is 28.6. The average molecular weight is 894 g/mol. The molecule has 0 heterocycles. The second-order valence-electron chi connectivity index (χ2n) is 12.3. The van der Waals surface area contributed by atoms with Gasteiger partial charge in [0.25, 0.3) is 5.91 Å². The molecule has 0 bridgehead atoms. The Bertz CT molecular complexity index is 2120. The van der Waals surface area contributed by atoms with Crippen LogP contribution in [0.3, 0.4) is 0 Å². The van der Waals surface area contributed by atoms with E-state index in [9.17, 15) is 14.7 Å². The Kier molecular flexibility index (Phi) is 19.6. The summed E-state index contributed by atoms with van der Waals surface area (Å²) in [5.74, 6) is -1.84. The molecule has 1 amide bonds. The van der Waals surface area contributed by atoms with Gasteiger partial charge >= 0.3 is 30.8 Å². The number of carbonyl (C=O) groups excluding carboxylic acids is 2. The van der Waals surface area contributed by atoms with Crippen LogP contribution in [0.2, 0.25) is 0 Å². The zero-order valence-corrected chi connectivity index (χ0v) is 35.4. The number of carbonyl (C=O) groups is 2. The summed E-state index contributed by atoms with van der Waals surface area (Å²) in [4.78, 5) is 22.8. The molecule has 0 saturated heterocycles. The van der Waals surface area contributed by atoms with Gasteiger partial charge in [-0.1, -0.05) is 218 Å². The Morgan fingerprint density at radius 2 is 0.593 bits per heavy atom. The fourth-order valence-electron chi connectivity index (χ4n) is 5.94. The topological polar surface area (TPSA) is 89.1 Å². The van der Waals surface area contributed by atoms with E-state index in [4.69, 9.17) is 4.65 Å². The second-order valence-corrected chi connectivity index (χ2v) is 16.8. The summed E-state index contributed by atoms with van der Waals surface area (Å²) in [5.41, 5.74) is 0.572. The number of carboxylic acids is 1. The fraction of sp³-hybridized carbons (Fsp3) is 0. The van der Waals surface area contributed by atoms with Crippen LogP contribution in [0.25, 0.3) is 0 Å². The first-order valence-electron chi connectivity index (χ1n) is 18.4. The quantitative estimate of drug-likeness (QED) is 0.0687. The smallest absolute Gasteiger partial charge is 0.0622 e. The third kappa shape index (κ3) is 13.8. The number of amides is 1. The maximum Gasteiger partial charge on any atom is 1.00 e. The molecule has 8 rings (SSSR count). The summed E-state index contributed by atoms with van der Waals surface area (Å²) in [6.45, 7) is 4.50. The molecule has 8 aromatic carbocycles.